The molecule has 0 aliphatic heterocycles. The summed E-state index contributed by atoms with van der Waals surface area (Å²) in [6.45, 7) is 1.31. The van der Waals surface area contributed by atoms with Gasteiger partial charge in [0.25, 0.3) is 0 Å². The molecule has 0 saturated carbocycles. The fourth-order valence-corrected chi connectivity index (χ4v) is 3.71. The van der Waals surface area contributed by atoms with Crippen molar-refractivity contribution in [2.45, 2.75) is 12.3 Å². The molecule has 33 heavy (non-hydrogen) atoms. The molecule has 2 N–H and O–H groups in total. The third kappa shape index (κ3) is 6.48. The van der Waals surface area contributed by atoms with Gasteiger partial charge in [-0.3, -0.25) is 4.79 Å². The van der Waals surface area contributed by atoms with Crippen molar-refractivity contribution in [2.75, 3.05) is 18.4 Å². The molecule has 0 saturated heterocycles. The number of carbonyl (C=O) groups is 1. The van der Waals surface area contributed by atoms with Crippen molar-refractivity contribution in [2.24, 2.45) is 0 Å². The first-order valence-corrected chi connectivity index (χ1v) is 11.3. The molecule has 1 amide bonds. The molecule has 0 radical (unpaired) electrons. The molecule has 0 bridgehead atoms. The molecule has 0 aliphatic carbocycles. The molecular formula is C27H25ClN4O. The van der Waals surface area contributed by atoms with Gasteiger partial charge in [-0.2, -0.15) is 10.2 Å². The lowest BCUT2D eigenvalue weighted by Crippen LogP contribution is -2.31. The van der Waals surface area contributed by atoms with E-state index in [4.69, 9.17) is 11.6 Å². The van der Waals surface area contributed by atoms with E-state index in [1.807, 2.05) is 91.0 Å². The molecule has 4 aromatic rings. The van der Waals surface area contributed by atoms with Crippen molar-refractivity contribution >= 4 is 23.2 Å². The summed E-state index contributed by atoms with van der Waals surface area (Å²) in [7, 11) is 0. The van der Waals surface area contributed by atoms with E-state index in [0.717, 1.165) is 40.5 Å². The smallest absolute Gasteiger partial charge is 0.233 e. The number of benzene rings is 3. The Bertz CT molecular complexity index is 1150. The molecule has 1 aromatic heterocycles. The van der Waals surface area contributed by atoms with Crippen LogP contribution in [0.1, 0.15) is 17.0 Å². The Hall–Kier alpha value is -3.54. The minimum atomic E-state index is -0.309. The highest BCUT2D eigenvalue weighted by molar-refractivity contribution is 6.30. The summed E-state index contributed by atoms with van der Waals surface area (Å²) >= 11 is 5.96. The number of hydrogen-bond acceptors (Lipinski definition) is 4. The van der Waals surface area contributed by atoms with Gasteiger partial charge in [0.2, 0.25) is 5.91 Å². The largest absolute Gasteiger partial charge is 0.326 e. The summed E-state index contributed by atoms with van der Waals surface area (Å²) in [6.07, 6.45) is 2.51. The second-order valence-electron chi connectivity index (χ2n) is 7.72. The maximum absolute atomic E-state index is 13.2. The van der Waals surface area contributed by atoms with Gasteiger partial charge in [-0.25, -0.2) is 0 Å². The number of rotatable bonds is 9. The third-order valence-corrected chi connectivity index (χ3v) is 5.64. The predicted molar refractivity (Wildman–Crippen MR) is 133 cm³/mol. The average molecular weight is 457 g/mol. The molecule has 0 aliphatic rings. The zero-order chi connectivity index (χ0) is 22.9. The van der Waals surface area contributed by atoms with E-state index in [2.05, 4.69) is 20.8 Å². The Morgan fingerprint density at radius 3 is 2.33 bits per heavy atom. The molecule has 166 valence electrons. The van der Waals surface area contributed by atoms with E-state index in [0.29, 0.717) is 6.54 Å². The number of aromatic nitrogens is 2. The van der Waals surface area contributed by atoms with Gasteiger partial charge in [-0.05, 0) is 60.5 Å². The molecule has 4 rings (SSSR count). The number of nitrogens with one attached hydrogen (secondary N) is 2. The molecule has 0 fully saturated rings. The zero-order valence-electron chi connectivity index (χ0n) is 18.1. The van der Waals surface area contributed by atoms with Crippen LogP contribution in [0.15, 0.2) is 97.2 Å². The van der Waals surface area contributed by atoms with Crippen molar-refractivity contribution in [1.82, 2.24) is 15.5 Å². The van der Waals surface area contributed by atoms with Crippen LogP contribution in [0, 0.1) is 0 Å². The predicted octanol–water partition coefficient (Wildman–Crippen LogP) is 5.35. The molecule has 1 unspecified atom stereocenters. The summed E-state index contributed by atoms with van der Waals surface area (Å²) in [4.78, 5) is 13.2. The zero-order valence-corrected chi connectivity index (χ0v) is 18.9. The van der Waals surface area contributed by atoms with Gasteiger partial charge in [0, 0.05) is 29.0 Å². The molecule has 0 spiro atoms. The summed E-state index contributed by atoms with van der Waals surface area (Å²) in [5.41, 5.74) is 4.67. The van der Waals surface area contributed by atoms with Crippen LogP contribution in [-0.4, -0.2) is 29.2 Å². The van der Waals surface area contributed by atoms with E-state index >= 15 is 0 Å². The van der Waals surface area contributed by atoms with Crippen LogP contribution in [0.4, 0.5) is 5.69 Å². The van der Waals surface area contributed by atoms with E-state index < -0.39 is 0 Å². The van der Waals surface area contributed by atoms with Crippen LogP contribution in [-0.2, 0) is 11.2 Å². The second kappa shape index (κ2) is 11.4. The summed E-state index contributed by atoms with van der Waals surface area (Å²) < 4.78 is 0. The first kappa shape index (κ1) is 22.6. The van der Waals surface area contributed by atoms with Crippen LogP contribution >= 0.6 is 11.6 Å². The SMILES string of the molecule is O=C(Nc1ccc(-c2cccnn2)cc1)C(CNCCc1ccc(Cl)cc1)c1ccccc1. The highest BCUT2D eigenvalue weighted by Gasteiger charge is 2.20. The minimum absolute atomic E-state index is 0.0487. The molecular weight excluding hydrogens is 432 g/mol. The van der Waals surface area contributed by atoms with E-state index in [1.54, 1.807) is 6.20 Å². The van der Waals surface area contributed by atoms with E-state index in [9.17, 15) is 4.79 Å². The van der Waals surface area contributed by atoms with Crippen molar-refractivity contribution in [3.63, 3.8) is 0 Å². The third-order valence-electron chi connectivity index (χ3n) is 5.39. The van der Waals surface area contributed by atoms with Gasteiger partial charge in [0.1, 0.15) is 0 Å². The molecule has 3 aromatic carbocycles. The standard InChI is InChI=1S/C27H25ClN4O/c28-23-12-8-20(9-13-23)16-18-29-19-25(21-5-2-1-3-6-21)27(33)31-24-14-10-22(11-15-24)26-7-4-17-30-32-26/h1-15,17,25,29H,16,18-19H2,(H,31,33). The monoisotopic (exact) mass is 456 g/mol. The number of anilines is 1. The van der Waals surface area contributed by atoms with E-state index in [1.165, 1.54) is 5.56 Å². The number of hydrogen-bond donors (Lipinski definition) is 2. The summed E-state index contributed by atoms with van der Waals surface area (Å²) in [5, 5.41) is 15.3. The van der Waals surface area contributed by atoms with E-state index in [-0.39, 0.29) is 11.8 Å². The van der Waals surface area contributed by atoms with Gasteiger partial charge in [-0.15, -0.1) is 0 Å². The Kier molecular flexibility index (Phi) is 7.80. The first-order valence-electron chi connectivity index (χ1n) is 10.9. The highest BCUT2D eigenvalue weighted by atomic mass is 35.5. The normalized spacial score (nSPS) is 11.7. The van der Waals surface area contributed by atoms with Crippen molar-refractivity contribution < 1.29 is 4.79 Å². The summed E-state index contributed by atoms with van der Waals surface area (Å²) in [6, 6.07) is 29.1. The number of halogens is 1. The van der Waals surface area contributed by atoms with Gasteiger partial charge >= 0.3 is 0 Å². The van der Waals surface area contributed by atoms with Crippen molar-refractivity contribution in [3.05, 3.63) is 113 Å². The van der Waals surface area contributed by atoms with Gasteiger partial charge in [0.15, 0.2) is 0 Å². The topological polar surface area (TPSA) is 66.9 Å². The maximum Gasteiger partial charge on any atom is 0.233 e. The Morgan fingerprint density at radius 1 is 0.879 bits per heavy atom. The van der Waals surface area contributed by atoms with Crippen LogP contribution in [0.5, 0.6) is 0 Å². The lowest BCUT2D eigenvalue weighted by Gasteiger charge is -2.18. The van der Waals surface area contributed by atoms with Crippen molar-refractivity contribution in [1.29, 1.82) is 0 Å². The van der Waals surface area contributed by atoms with Crippen molar-refractivity contribution in [3.8, 4) is 11.3 Å². The first-order chi connectivity index (χ1) is 16.2. The van der Waals surface area contributed by atoms with Gasteiger partial charge in [-0.1, -0.05) is 66.2 Å². The highest BCUT2D eigenvalue weighted by Crippen LogP contribution is 2.21. The summed E-state index contributed by atoms with van der Waals surface area (Å²) in [5.74, 6) is -0.358. The number of nitrogens with zero attached hydrogens (tertiary/aromatic N) is 2. The number of carbonyl (C=O) groups excluding carboxylic acids is 1. The minimum Gasteiger partial charge on any atom is -0.326 e. The fraction of sp³-hybridized carbons (Fsp3) is 0.148. The maximum atomic E-state index is 13.2. The van der Waals surface area contributed by atoms with Crippen LogP contribution in [0.3, 0.4) is 0 Å². The van der Waals surface area contributed by atoms with Crippen LogP contribution in [0.25, 0.3) is 11.3 Å². The molecule has 1 atom stereocenters. The Morgan fingerprint density at radius 2 is 1.64 bits per heavy atom. The lowest BCUT2D eigenvalue weighted by molar-refractivity contribution is -0.117. The number of amides is 1. The van der Waals surface area contributed by atoms with Gasteiger partial charge < -0.3 is 10.6 Å². The molecule has 5 nitrogen and oxygen atoms in total. The second-order valence-corrected chi connectivity index (χ2v) is 8.16. The Balaban J connectivity index is 1.39. The average Bonchev–Trinajstić information content (AvgIpc) is 2.86. The lowest BCUT2D eigenvalue weighted by atomic mass is 9.97. The van der Waals surface area contributed by atoms with Crippen LogP contribution < -0.4 is 10.6 Å². The Labute approximate surface area is 198 Å². The quantitative estimate of drug-likeness (QED) is 0.333. The molecule has 1 heterocycles. The van der Waals surface area contributed by atoms with Crippen LogP contribution in [0.2, 0.25) is 5.02 Å². The molecule has 6 heteroatoms. The van der Waals surface area contributed by atoms with Gasteiger partial charge in [0.05, 0.1) is 11.6 Å². The fourth-order valence-electron chi connectivity index (χ4n) is 3.59.